The zero-order valence-corrected chi connectivity index (χ0v) is 13.8. The van der Waals surface area contributed by atoms with Crippen molar-refractivity contribution in [1.82, 2.24) is 5.32 Å². The predicted molar refractivity (Wildman–Crippen MR) is 88.9 cm³/mol. The summed E-state index contributed by atoms with van der Waals surface area (Å²) in [6, 6.07) is 5.90. The zero-order valence-electron chi connectivity index (χ0n) is 12.3. The lowest BCUT2D eigenvalue weighted by Gasteiger charge is -2.27. The molecule has 0 aromatic heterocycles. The third-order valence-electron chi connectivity index (χ3n) is 4.35. The molecule has 1 nitrogen and oxygen atoms in total. The van der Waals surface area contributed by atoms with E-state index in [2.05, 4.69) is 18.3 Å². The summed E-state index contributed by atoms with van der Waals surface area (Å²) in [4.78, 5) is 0. The Labute approximate surface area is 133 Å². The summed E-state index contributed by atoms with van der Waals surface area (Å²) in [5.41, 5.74) is 1.25. The first-order chi connectivity index (χ1) is 9.72. The lowest BCUT2D eigenvalue weighted by atomic mass is 9.82. The summed E-state index contributed by atoms with van der Waals surface area (Å²) in [5.74, 6) is 1.23. The first-order valence-electron chi connectivity index (χ1n) is 7.88. The Bertz CT molecular complexity index is 419. The van der Waals surface area contributed by atoms with Crippen LogP contribution >= 0.6 is 23.2 Å². The Hall–Kier alpha value is -0.240. The average Bonchev–Trinajstić information content (AvgIpc) is 2.67. The highest BCUT2D eigenvalue weighted by Crippen LogP contribution is 2.40. The molecule has 112 valence electrons. The van der Waals surface area contributed by atoms with Crippen molar-refractivity contribution in [2.24, 2.45) is 5.92 Å². The molecular weight excluding hydrogens is 289 g/mol. The van der Waals surface area contributed by atoms with E-state index in [0.717, 1.165) is 23.1 Å². The van der Waals surface area contributed by atoms with Crippen LogP contribution in [0.25, 0.3) is 0 Å². The van der Waals surface area contributed by atoms with Gasteiger partial charge in [-0.1, -0.05) is 49.4 Å². The second kappa shape index (κ2) is 8.26. The Balaban J connectivity index is 2.16. The van der Waals surface area contributed by atoms with Crippen LogP contribution in [-0.4, -0.2) is 13.1 Å². The molecule has 0 spiro atoms. The summed E-state index contributed by atoms with van der Waals surface area (Å²) in [6.07, 6.45) is 7.71. The van der Waals surface area contributed by atoms with Crippen LogP contribution in [-0.2, 0) is 0 Å². The van der Waals surface area contributed by atoms with Crippen LogP contribution in [0, 0.1) is 5.92 Å². The molecule has 0 bridgehead atoms. The molecule has 1 aromatic carbocycles. The zero-order chi connectivity index (χ0) is 14.4. The van der Waals surface area contributed by atoms with Crippen molar-refractivity contribution in [3.8, 4) is 0 Å². The first kappa shape index (κ1) is 16.1. The molecule has 0 heterocycles. The molecule has 1 aromatic rings. The van der Waals surface area contributed by atoms with Gasteiger partial charge < -0.3 is 5.32 Å². The summed E-state index contributed by atoms with van der Waals surface area (Å²) in [5, 5.41) is 5.27. The molecule has 1 saturated carbocycles. The van der Waals surface area contributed by atoms with Gasteiger partial charge in [0.2, 0.25) is 0 Å². The highest BCUT2D eigenvalue weighted by atomic mass is 35.5. The molecule has 1 N–H and O–H groups in total. The van der Waals surface area contributed by atoms with E-state index in [9.17, 15) is 0 Å². The molecule has 1 aliphatic rings. The summed E-state index contributed by atoms with van der Waals surface area (Å²) >= 11 is 12.6. The molecule has 0 amide bonds. The number of rotatable bonds is 5. The van der Waals surface area contributed by atoms with Crippen molar-refractivity contribution in [3.05, 3.63) is 33.8 Å². The van der Waals surface area contributed by atoms with Gasteiger partial charge in [0.15, 0.2) is 0 Å². The second-order valence-electron chi connectivity index (χ2n) is 5.87. The van der Waals surface area contributed by atoms with Crippen molar-refractivity contribution in [2.75, 3.05) is 13.1 Å². The number of hydrogen-bond donors (Lipinski definition) is 1. The third kappa shape index (κ3) is 4.38. The maximum atomic E-state index is 6.43. The minimum absolute atomic E-state index is 0.549. The first-order valence-corrected chi connectivity index (χ1v) is 8.63. The maximum Gasteiger partial charge on any atom is 0.0441 e. The minimum Gasteiger partial charge on any atom is -0.316 e. The lowest BCUT2D eigenvalue weighted by molar-refractivity contribution is 0.376. The van der Waals surface area contributed by atoms with E-state index in [4.69, 9.17) is 23.2 Å². The highest BCUT2D eigenvalue weighted by molar-refractivity contribution is 6.33. The third-order valence-corrected chi connectivity index (χ3v) is 4.93. The summed E-state index contributed by atoms with van der Waals surface area (Å²) < 4.78 is 0. The number of hydrogen-bond acceptors (Lipinski definition) is 1. The minimum atomic E-state index is 0.549. The molecule has 0 saturated heterocycles. The van der Waals surface area contributed by atoms with Crippen molar-refractivity contribution >= 4 is 23.2 Å². The quantitative estimate of drug-likeness (QED) is 0.546. The van der Waals surface area contributed by atoms with Crippen molar-refractivity contribution in [3.63, 3.8) is 0 Å². The van der Waals surface area contributed by atoms with Crippen LogP contribution in [0.3, 0.4) is 0 Å². The molecule has 0 aliphatic heterocycles. The van der Waals surface area contributed by atoms with E-state index in [0.29, 0.717) is 11.8 Å². The lowest BCUT2D eigenvalue weighted by Crippen LogP contribution is -2.27. The van der Waals surface area contributed by atoms with Crippen LogP contribution in [0.15, 0.2) is 18.2 Å². The molecule has 20 heavy (non-hydrogen) atoms. The van der Waals surface area contributed by atoms with E-state index in [1.807, 2.05) is 12.1 Å². The smallest absolute Gasteiger partial charge is 0.0441 e. The fourth-order valence-electron chi connectivity index (χ4n) is 3.30. The van der Waals surface area contributed by atoms with Gasteiger partial charge in [-0.05, 0) is 68.0 Å². The maximum absolute atomic E-state index is 6.43. The van der Waals surface area contributed by atoms with Gasteiger partial charge in [0, 0.05) is 10.0 Å². The van der Waals surface area contributed by atoms with Crippen molar-refractivity contribution in [1.29, 1.82) is 0 Å². The molecule has 2 unspecified atom stereocenters. The average molecular weight is 314 g/mol. The number of benzene rings is 1. The van der Waals surface area contributed by atoms with Gasteiger partial charge in [-0.3, -0.25) is 0 Å². The molecule has 1 aliphatic carbocycles. The van der Waals surface area contributed by atoms with Crippen LogP contribution in [0.1, 0.15) is 56.9 Å². The Morgan fingerprint density at radius 2 is 1.95 bits per heavy atom. The molecule has 2 rings (SSSR count). The van der Waals surface area contributed by atoms with Crippen LogP contribution < -0.4 is 5.32 Å². The van der Waals surface area contributed by atoms with E-state index >= 15 is 0 Å². The van der Waals surface area contributed by atoms with Crippen LogP contribution in [0.2, 0.25) is 10.0 Å². The number of halogens is 2. The molecule has 2 atom stereocenters. The van der Waals surface area contributed by atoms with E-state index in [1.165, 1.54) is 44.1 Å². The monoisotopic (exact) mass is 313 g/mol. The van der Waals surface area contributed by atoms with Gasteiger partial charge in [0.25, 0.3) is 0 Å². The highest BCUT2D eigenvalue weighted by Gasteiger charge is 2.26. The van der Waals surface area contributed by atoms with E-state index in [1.54, 1.807) is 0 Å². The largest absolute Gasteiger partial charge is 0.316 e. The topological polar surface area (TPSA) is 12.0 Å². The Kier molecular flexibility index (Phi) is 6.67. The summed E-state index contributed by atoms with van der Waals surface area (Å²) in [7, 11) is 0. The summed E-state index contributed by atoms with van der Waals surface area (Å²) in [6.45, 7) is 4.42. The van der Waals surface area contributed by atoms with Gasteiger partial charge in [-0.25, -0.2) is 0 Å². The van der Waals surface area contributed by atoms with Gasteiger partial charge in [-0.2, -0.15) is 0 Å². The molecule has 1 fully saturated rings. The van der Waals surface area contributed by atoms with Gasteiger partial charge in [0.1, 0.15) is 0 Å². The standard InChI is InChI=1S/C17H25Cl2N/c1-2-10-20-12-13-6-4-3-5-7-15(13)16-11-14(18)8-9-17(16)19/h8-9,11,13,15,20H,2-7,10,12H2,1H3. The van der Waals surface area contributed by atoms with Crippen LogP contribution in [0.4, 0.5) is 0 Å². The fraction of sp³-hybridized carbons (Fsp3) is 0.647. The van der Waals surface area contributed by atoms with Crippen molar-refractivity contribution in [2.45, 2.75) is 51.4 Å². The van der Waals surface area contributed by atoms with Crippen LogP contribution in [0.5, 0.6) is 0 Å². The van der Waals surface area contributed by atoms with Crippen molar-refractivity contribution < 1.29 is 0 Å². The second-order valence-corrected chi connectivity index (χ2v) is 6.72. The molecule has 3 heteroatoms. The van der Waals surface area contributed by atoms with Gasteiger partial charge >= 0.3 is 0 Å². The Morgan fingerprint density at radius 3 is 2.75 bits per heavy atom. The van der Waals surface area contributed by atoms with Gasteiger partial charge in [-0.15, -0.1) is 0 Å². The number of nitrogens with one attached hydrogen (secondary N) is 1. The normalized spacial score (nSPS) is 23.6. The molecule has 0 radical (unpaired) electrons. The molecular formula is C17H25Cl2N. The van der Waals surface area contributed by atoms with E-state index in [-0.39, 0.29) is 0 Å². The Morgan fingerprint density at radius 1 is 1.15 bits per heavy atom. The predicted octanol–water partition coefficient (Wildman–Crippen LogP) is 5.66. The SMILES string of the molecule is CCCNCC1CCCCCC1c1cc(Cl)ccc1Cl. The van der Waals surface area contributed by atoms with E-state index < -0.39 is 0 Å². The van der Waals surface area contributed by atoms with Gasteiger partial charge in [0.05, 0.1) is 0 Å². The fourth-order valence-corrected chi connectivity index (χ4v) is 3.74.